The average Bonchev–Trinajstić information content (AvgIpc) is 2.79. The van der Waals surface area contributed by atoms with Crippen molar-refractivity contribution < 1.29 is 17.9 Å². The Bertz CT molecular complexity index is 544. The maximum Gasteiger partial charge on any atom is 0.261 e. The second kappa shape index (κ2) is 6.32. The van der Waals surface area contributed by atoms with Crippen molar-refractivity contribution in [1.29, 1.82) is 0 Å². The van der Waals surface area contributed by atoms with Crippen LogP contribution in [-0.4, -0.2) is 19.6 Å². The van der Waals surface area contributed by atoms with Gasteiger partial charge < -0.3 is 14.9 Å². The standard InChI is InChI=1S/C13H14ClF2NO2/c14-9-3-1-2-8-6-11(19-13(8)9)10(17)4-5-18-7-12(15)16/h1-3,6,10,12H,4-5,7,17H2. The smallest absolute Gasteiger partial charge is 0.261 e. The van der Waals surface area contributed by atoms with Crippen LogP contribution in [0.2, 0.25) is 5.02 Å². The van der Waals surface area contributed by atoms with Crippen molar-refractivity contribution in [2.45, 2.75) is 18.9 Å². The predicted molar refractivity (Wildman–Crippen MR) is 69.6 cm³/mol. The Labute approximate surface area is 114 Å². The van der Waals surface area contributed by atoms with Gasteiger partial charge in [0.1, 0.15) is 12.4 Å². The Morgan fingerprint density at radius 1 is 1.37 bits per heavy atom. The van der Waals surface area contributed by atoms with Gasteiger partial charge >= 0.3 is 0 Å². The number of furan rings is 1. The van der Waals surface area contributed by atoms with E-state index in [2.05, 4.69) is 0 Å². The average molecular weight is 290 g/mol. The lowest BCUT2D eigenvalue weighted by Gasteiger charge is -2.08. The summed E-state index contributed by atoms with van der Waals surface area (Å²) in [6.45, 7) is -0.408. The minimum absolute atomic E-state index is 0.163. The molecule has 0 amide bonds. The molecule has 0 saturated carbocycles. The van der Waals surface area contributed by atoms with Crippen molar-refractivity contribution in [1.82, 2.24) is 0 Å². The van der Waals surface area contributed by atoms with Crippen LogP contribution in [0.15, 0.2) is 28.7 Å². The Morgan fingerprint density at radius 3 is 2.84 bits per heavy atom. The molecule has 104 valence electrons. The molecule has 0 saturated heterocycles. The van der Waals surface area contributed by atoms with E-state index in [1.54, 1.807) is 12.1 Å². The lowest BCUT2D eigenvalue weighted by molar-refractivity contribution is 0.0148. The molecule has 2 rings (SSSR count). The Hall–Kier alpha value is -1.17. The molecule has 1 aromatic carbocycles. The van der Waals surface area contributed by atoms with Crippen LogP contribution in [0.25, 0.3) is 11.0 Å². The zero-order chi connectivity index (χ0) is 13.8. The summed E-state index contributed by atoms with van der Waals surface area (Å²) < 4.78 is 34.1. The van der Waals surface area contributed by atoms with Gasteiger partial charge in [0.25, 0.3) is 6.43 Å². The van der Waals surface area contributed by atoms with Crippen molar-refractivity contribution in [3.63, 3.8) is 0 Å². The molecule has 1 atom stereocenters. The van der Waals surface area contributed by atoms with Crippen LogP contribution in [0, 0.1) is 0 Å². The molecule has 0 aliphatic carbocycles. The van der Waals surface area contributed by atoms with E-state index >= 15 is 0 Å². The minimum Gasteiger partial charge on any atom is -0.458 e. The van der Waals surface area contributed by atoms with E-state index in [1.165, 1.54) is 0 Å². The van der Waals surface area contributed by atoms with Gasteiger partial charge in [0.2, 0.25) is 0 Å². The van der Waals surface area contributed by atoms with Crippen LogP contribution < -0.4 is 5.73 Å². The summed E-state index contributed by atoms with van der Waals surface area (Å²) in [5, 5.41) is 1.39. The second-order valence-corrected chi connectivity index (χ2v) is 4.58. The van der Waals surface area contributed by atoms with Crippen LogP contribution in [0.4, 0.5) is 8.78 Å². The first kappa shape index (κ1) is 14.2. The van der Waals surface area contributed by atoms with E-state index < -0.39 is 19.1 Å². The largest absolute Gasteiger partial charge is 0.458 e. The summed E-state index contributed by atoms with van der Waals surface area (Å²) in [6.07, 6.45) is -2.05. The molecule has 2 aromatic rings. The predicted octanol–water partition coefficient (Wildman–Crippen LogP) is 3.76. The molecule has 0 aliphatic heterocycles. The number of hydrogen-bond acceptors (Lipinski definition) is 3. The summed E-state index contributed by atoms with van der Waals surface area (Å²) in [4.78, 5) is 0. The second-order valence-electron chi connectivity index (χ2n) is 4.17. The molecule has 0 bridgehead atoms. The summed E-state index contributed by atoms with van der Waals surface area (Å²) in [7, 11) is 0. The van der Waals surface area contributed by atoms with Crippen LogP contribution in [0.1, 0.15) is 18.2 Å². The zero-order valence-electron chi connectivity index (χ0n) is 10.1. The highest BCUT2D eigenvalue weighted by Gasteiger charge is 2.14. The lowest BCUT2D eigenvalue weighted by atomic mass is 10.1. The van der Waals surface area contributed by atoms with E-state index in [0.717, 1.165) is 5.39 Å². The van der Waals surface area contributed by atoms with Crippen LogP contribution in [0.3, 0.4) is 0 Å². The maximum atomic E-state index is 11.9. The molecule has 3 nitrogen and oxygen atoms in total. The fourth-order valence-corrected chi connectivity index (χ4v) is 1.98. The molecule has 1 unspecified atom stereocenters. The lowest BCUT2D eigenvalue weighted by Crippen LogP contribution is -2.14. The van der Waals surface area contributed by atoms with Crippen molar-refractivity contribution in [2.24, 2.45) is 5.73 Å². The summed E-state index contributed by atoms with van der Waals surface area (Å²) in [5.41, 5.74) is 6.51. The molecule has 0 fully saturated rings. The fraction of sp³-hybridized carbons (Fsp3) is 0.385. The number of fused-ring (bicyclic) bond motifs is 1. The first-order chi connectivity index (χ1) is 9.08. The number of halogens is 3. The van der Waals surface area contributed by atoms with Gasteiger partial charge in [0, 0.05) is 12.0 Å². The van der Waals surface area contributed by atoms with E-state index in [-0.39, 0.29) is 6.61 Å². The Kier molecular flexibility index (Phi) is 4.74. The third kappa shape index (κ3) is 3.65. The third-order valence-corrected chi connectivity index (χ3v) is 3.00. The quantitative estimate of drug-likeness (QED) is 0.824. The zero-order valence-corrected chi connectivity index (χ0v) is 10.9. The Morgan fingerprint density at radius 2 is 2.16 bits per heavy atom. The van der Waals surface area contributed by atoms with Gasteiger partial charge in [0.05, 0.1) is 11.1 Å². The van der Waals surface area contributed by atoms with Crippen LogP contribution >= 0.6 is 11.6 Å². The number of hydrogen-bond donors (Lipinski definition) is 1. The molecular formula is C13H14ClF2NO2. The van der Waals surface area contributed by atoms with E-state index in [9.17, 15) is 8.78 Å². The molecule has 1 aromatic heterocycles. The summed E-state index contributed by atoms with van der Waals surface area (Å²) in [5.74, 6) is 0.573. The molecule has 2 N–H and O–H groups in total. The number of para-hydroxylation sites is 1. The van der Waals surface area contributed by atoms with Gasteiger partial charge in [-0.05, 0) is 18.6 Å². The van der Waals surface area contributed by atoms with Crippen molar-refractivity contribution in [2.75, 3.05) is 13.2 Å². The number of nitrogens with two attached hydrogens (primary N) is 1. The highest BCUT2D eigenvalue weighted by molar-refractivity contribution is 6.34. The van der Waals surface area contributed by atoms with E-state index in [1.807, 2.05) is 12.1 Å². The molecule has 6 heteroatoms. The normalized spacial score (nSPS) is 13.3. The van der Waals surface area contributed by atoms with Gasteiger partial charge in [-0.1, -0.05) is 23.7 Å². The number of benzene rings is 1. The van der Waals surface area contributed by atoms with Gasteiger partial charge in [0.15, 0.2) is 5.58 Å². The van der Waals surface area contributed by atoms with Crippen molar-refractivity contribution in [3.8, 4) is 0 Å². The molecule has 19 heavy (non-hydrogen) atoms. The molecule has 0 radical (unpaired) electrons. The van der Waals surface area contributed by atoms with E-state index in [0.29, 0.717) is 22.8 Å². The first-order valence-corrected chi connectivity index (χ1v) is 6.25. The highest BCUT2D eigenvalue weighted by Crippen LogP contribution is 2.29. The van der Waals surface area contributed by atoms with Gasteiger partial charge in [-0.15, -0.1) is 0 Å². The number of rotatable bonds is 6. The first-order valence-electron chi connectivity index (χ1n) is 5.87. The topological polar surface area (TPSA) is 48.4 Å². The highest BCUT2D eigenvalue weighted by atomic mass is 35.5. The van der Waals surface area contributed by atoms with Crippen LogP contribution in [0.5, 0.6) is 0 Å². The summed E-state index contributed by atoms with van der Waals surface area (Å²) >= 11 is 5.99. The Balaban J connectivity index is 1.97. The van der Waals surface area contributed by atoms with Gasteiger partial charge in [-0.2, -0.15) is 0 Å². The van der Waals surface area contributed by atoms with Crippen molar-refractivity contribution >= 4 is 22.6 Å². The molecular weight excluding hydrogens is 276 g/mol. The molecule has 0 spiro atoms. The maximum absolute atomic E-state index is 11.9. The number of alkyl halides is 2. The third-order valence-electron chi connectivity index (χ3n) is 2.70. The van der Waals surface area contributed by atoms with Gasteiger partial charge in [-0.25, -0.2) is 8.78 Å². The molecule has 0 aliphatic rings. The van der Waals surface area contributed by atoms with Gasteiger partial charge in [-0.3, -0.25) is 0 Å². The summed E-state index contributed by atoms with van der Waals surface area (Å²) in [6, 6.07) is 6.82. The SMILES string of the molecule is NC(CCOCC(F)F)c1cc2cccc(Cl)c2o1. The number of ether oxygens (including phenoxy) is 1. The monoisotopic (exact) mass is 289 g/mol. The fourth-order valence-electron chi connectivity index (χ4n) is 1.76. The minimum atomic E-state index is -2.46. The van der Waals surface area contributed by atoms with Crippen molar-refractivity contribution in [3.05, 3.63) is 35.0 Å². The van der Waals surface area contributed by atoms with E-state index in [4.69, 9.17) is 26.5 Å². The van der Waals surface area contributed by atoms with Crippen LogP contribution in [-0.2, 0) is 4.74 Å². The molecule has 1 heterocycles.